The normalized spacial score (nSPS) is 10.1. The Kier molecular flexibility index (Phi) is 4.33. The number of benzene rings is 2. The summed E-state index contributed by atoms with van der Waals surface area (Å²) in [5.41, 5.74) is 2.17. The van der Waals surface area contributed by atoms with Crippen LogP contribution in [0.15, 0.2) is 48.5 Å². The van der Waals surface area contributed by atoms with Gasteiger partial charge >= 0.3 is 0 Å². The first-order chi connectivity index (χ1) is 8.70. The van der Waals surface area contributed by atoms with Crippen molar-refractivity contribution in [3.8, 4) is 0 Å². The van der Waals surface area contributed by atoms with E-state index in [4.69, 9.17) is 5.11 Å². The van der Waals surface area contributed by atoms with Crippen molar-refractivity contribution >= 4 is 34.2 Å². The third-order valence-corrected chi connectivity index (χ3v) is 3.46. The molecule has 0 bridgehead atoms. The molecular weight excluding hydrogens is 341 g/mol. The summed E-state index contributed by atoms with van der Waals surface area (Å²) in [6.07, 6.45) is 0. The molecule has 3 nitrogen and oxygen atoms in total. The molecule has 2 rings (SSSR count). The number of aliphatic hydroxyl groups excluding tert-OH is 1. The Morgan fingerprint density at radius 2 is 1.78 bits per heavy atom. The van der Waals surface area contributed by atoms with Gasteiger partial charge in [0.05, 0.1) is 12.3 Å². The van der Waals surface area contributed by atoms with Crippen molar-refractivity contribution in [1.29, 1.82) is 0 Å². The van der Waals surface area contributed by atoms with Crippen LogP contribution in [-0.4, -0.2) is 11.0 Å². The average Bonchev–Trinajstić information content (AvgIpc) is 2.41. The number of para-hydroxylation sites is 1. The highest BCUT2D eigenvalue weighted by Crippen LogP contribution is 2.18. The molecule has 0 aliphatic rings. The number of carbonyl (C=O) groups is 1. The Morgan fingerprint density at radius 3 is 2.39 bits per heavy atom. The third-order valence-electron chi connectivity index (χ3n) is 2.52. The van der Waals surface area contributed by atoms with E-state index < -0.39 is 0 Å². The summed E-state index contributed by atoms with van der Waals surface area (Å²) in [6.45, 7) is -0.0154. The van der Waals surface area contributed by atoms with Crippen molar-refractivity contribution in [3.05, 3.63) is 63.2 Å². The number of carbonyl (C=O) groups excluding carboxylic acids is 1. The van der Waals surface area contributed by atoms with Gasteiger partial charge in [-0.1, -0.05) is 24.3 Å². The zero-order valence-corrected chi connectivity index (χ0v) is 11.7. The van der Waals surface area contributed by atoms with E-state index in [1.54, 1.807) is 24.3 Å². The molecule has 0 saturated heterocycles. The molecule has 18 heavy (non-hydrogen) atoms. The summed E-state index contributed by atoms with van der Waals surface area (Å²) in [5.74, 6) is -0.149. The van der Waals surface area contributed by atoms with Crippen molar-refractivity contribution in [2.24, 2.45) is 0 Å². The summed E-state index contributed by atoms with van der Waals surface area (Å²) >= 11 is 2.18. The lowest BCUT2D eigenvalue weighted by molar-refractivity contribution is 0.102. The first-order valence-corrected chi connectivity index (χ1v) is 6.54. The number of rotatable bonds is 3. The van der Waals surface area contributed by atoms with Gasteiger partial charge in [-0.15, -0.1) is 0 Å². The molecule has 2 N–H and O–H groups in total. The monoisotopic (exact) mass is 353 g/mol. The number of anilines is 1. The van der Waals surface area contributed by atoms with Crippen molar-refractivity contribution in [1.82, 2.24) is 0 Å². The van der Waals surface area contributed by atoms with Gasteiger partial charge in [-0.25, -0.2) is 0 Å². The lowest BCUT2D eigenvalue weighted by Gasteiger charge is -2.07. The molecule has 0 saturated carbocycles. The lowest BCUT2D eigenvalue weighted by atomic mass is 10.1. The van der Waals surface area contributed by atoms with Gasteiger partial charge in [0.2, 0.25) is 0 Å². The number of hydrogen-bond acceptors (Lipinski definition) is 2. The molecule has 2 aromatic carbocycles. The van der Waals surface area contributed by atoms with E-state index in [9.17, 15) is 4.79 Å². The Balaban J connectivity index is 2.14. The van der Waals surface area contributed by atoms with Crippen molar-refractivity contribution in [2.45, 2.75) is 6.61 Å². The van der Waals surface area contributed by atoms with Crippen LogP contribution in [0.3, 0.4) is 0 Å². The minimum absolute atomic E-state index is 0.0154. The van der Waals surface area contributed by atoms with Crippen LogP contribution in [0.5, 0.6) is 0 Å². The molecule has 0 atom stereocenters. The second-order valence-corrected chi connectivity index (χ2v) is 4.95. The van der Waals surface area contributed by atoms with Crippen LogP contribution in [0.1, 0.15) is 15.9 Å². The van der Waals surface area contributed by atoms with Gasteiger partial charge in [0.1, 0.15) is 0 Å². The predicted octanol–water partition coefficient (Wildman–Crippen LogP) is 3.04. The summed E-state index contributed by atoms with van der Waals surface area (Å²) in [6, 6.07) is 14.5. The fourth-order valence-corrected chi connectivity index (χ4v) is 2.04. The quantitative estimate of drug-likeness (QED) is 0.834. The first-order valence-electron chi connectivity index (χ1n) is 5.46. The molecule has 0 aliphatic heterocycles. The smallest absolute Gasteiger partial charge is 0.255 e. The van der Waals surface area contributed by atoms with Crippen molar-refractivity contribution in [2.75, 3.05) is 5.32 Å². The minimum Gasteiger partial charge on any atom is -0.392 e. The number of nitrogens with one attached hydrogen (secondary N) is 1. The highest BCUT2D eigenvalue weighted by Gasteiger charge is 2.07. The van der Waals surface area contributed by atoms with Gasteiger partial charge in [0.15, 0.2) is 0 Å². The van der Waals surface area contributed by atoms with Crippen LogP contribution in [0.25, 0.3) is 0 Å². The number of amides is 1. The van der Waals surface area contributed by atoms with Crippen molar-refractivity contribution < 1.29 is 9.90 Å². The lowest BCUT2D eigenvalue weighted by Crippen LogP contribution is -2.12. The van der Waals surface area contributed by atoms with E-state index in [-0.39, 0.29) is 12.5 Å². The zero-order valence-electron chi connectivity index (χ0n) is 9.56. The first kappa shape index (κ1) is 13.0. The average molecular weight is 353 g/mol. The maximum Gasteiger partial charge on any atom is 0.255 e. The van der Waals surface area contributed by atoms with Crippen LogP contribution >= 0.6 is 22.6 Å². The predicted molar refractivity (Wildman–Crippen MR) is 79.5 cm³/mol. The Hall–Kier alpha value is -1.40. The van der Waals surface area contributed by atoms with Crippen LogP contribution in [-0.2, 0) is 6.61 Å². The molecule has 0 aromatic heterocycles. The second kappa shape index (κ2) is 5.97. The minimum atomic E-state index is -0.149. The van der Waals surface area contributed by atoms with Gasteiger partial charge in [-0.3, -0.25) is 4.79 Å². The summed E-state index contributed by atoms with van der Waals surface area (Å²) in [4.78, 5) is 12.0. The summed E-state index contributed by atoms with van der Waals surface area (Å²) < 4.78 is 0.996. The molecule has 0 heterocycles. The van der Waals surface area contributed by atoms with E-state index in [1.165, 1.54) is 0 Å². The number of aliphatic hydroxyl groups is 1. The standard InChI is InChI=1S/C14H12INO2/c15-12-3-1-2-4-13(12)16-14(18)11-7-5-10(9-17)6-8-11/h1-8,17H,9H2,(H,16,18). The van der Waals surface area contributed by atoms with Gasteiger partial charge < -0.3 is 10.4 Å². The van der Waals surface area contributed by atoms with Crippen LogP contribution in [0.4, 0.5) is 5.69 Å². The summed E-state index contributed by atoms with van der Waals surface area (Å²) in [5, 5.41) is 11.8. The highest BCUT2D eigenvalue weighted by atomic mass is 127. The molecule has 2 aromatic rings. The Bertz CT molecular complexity index is 552. The van der Waals surface area contributed by atoms with Crippen LogP contribution in [0.2, 0.25) is 0 Å². The van der Waals surface area contributed by atoms with Gasteiger partial charge in [0.25, 0.3) is 5.91 Å². The largest absolute Gasteiger partial charge is 0.392 e. The van der Waals surface area contributed by atoms with E-state index in [2.05, 4.69) is 27.9 Å². The summed E-state index contributed by atoms with van der Waals surface area (Å²) in [7, 11) is 0. The molecule has 0 unspecified atom stereocenters. The van der Waals surface area contributed by atoms with E-state index in [1.807, 2.05) is 24.3 Å². The molecule has 4 heteroatoms. The molecule has 1 amide bonds. The molecule has 0 fully saturated rings. The Labute approximate surface area is 119 Å². The van der Waals surface area contributed by atoms with E-state index in [0.717, 1.165) is 14.8 Å². The molecular formula is C14H12INO2. The Morgan fingerprint density at radius 1 is 1.11 bits per heavy atom. The maximum atomic E-state index is 12.0. The molecule has 0 aliphatic carbocycles. The zero-order chi connectivity index (χ0) is 13.0. The van der Waals surface area contributed by atoms with Gasteiger partial charge in [-0.2, -0.15) is 0 Å². The molecule has 0 spiro atoms. The highest BCUT2D eigenvalue weighted by molar-refractivity contribution is 14.1. The van der Waals surface area contributed by atoms with E-state index >= 15 is 0 Å². The van der Waals surface area contributed by atoms with Crippen LogP contribution < -0.4 is 5.32 Å². The van der Waals surface area contributed by atoms with Gasteiger partial charge in [-0.05, 0) is 52.4 Å². The third kappa shape index (κ3) is 3.08. The fourth-order valence-electron chi connectivity index (χ4n) is 1.52. The van der Waals surface area contributed by atoms with Crippen molar-refractivity contribution in [3.63, 3.8) is 0 Å². The maximum absolute atomic E-state index is 12.0. The van der Waals surface area contributed by atoms with Gasteiger partial charge in [0, 0.05) is 9.13 Å². The number of hydrogen-bond donors (Lipinski definition) is 2. The topological polar surface area (TPSA) is 49.3 Å². The second-order valence-electron chi connectivity index (χ2n) is 3.79. The SMILES string of the molecule is O=C(Nc1ccccc1I)c1ccc(CO)cc1. The molecule has 92 valence electrons. The van der Waals surface area contributed by atoms with Crippen LogP contribution in [0, 0.1) is 3.57 Å². The fraction of sp³-hybridized carbons (Fsp3) is 0.0714. The van der Waals surface area contributed by atoms with E-state index in [0.29, 0.717) is 5.56 Å². The number of halogens is 1. The molecule has 0 radical (unpaired) electrons.